The number of hydrogen-bond donors (Lipinski definition) is 1. The summed E-state index contributed by atoms with van der Waals surface area (Å²) in [6.45, 7) is 3.77. The second-order valence-electron chi connectivity index (χ2n) is 6.48. The molecule has 138 valence electrons. The van der Waals surface area contributed by atoms with Gasteiger partial charge in [-0.2, -0.15) is 5.10 Å². The smallest absolute Gasteiger partial charge is 0.257 e. The molecule has 0 bridgehead atoms. The van der Waals surface area contributed by atoms with Crippen molar-refractivity contribution in [2.75, 3.05) is 13.2 Å². The lowest BCUT2D eigenvalue weighted by Crippen LogP contribution is -2.36. The van der Waals surface area contributed by atoms with Gasteiger partial charge in [-0.15, -0.1) is 0 Å². The second kappa shape index (κ2) is 7.45. The molecule has 3 aromatic rings. The molecule has 0 spiro atoms. The minimum atomic E-state index is -0.0294. The van der Waals surface area contributed by atoms with Crippen LogP contribution in [0.1, 0.15) is 28.4 Å². The standard InChI is InChI=1S/C21H20ClN3O2/c1-2-27-19-8-7-15(11-18(19)22)20-17(12-23-24-20)21(26)25-10-9-14-5-3-4-6-16(14)13-25/h3-8,11-12H,2,9-10,13H2,1H3,(H,23,24). The Bertz CT molecular complexity index is 983. The third kappa shape index (κ3) is 3.43. The number of benzene rings is 2. The van der Waals surface area contributed by atoms with Gasteiger partial charge in [0.2, 0.25) is 0 Å². The molecule has 4 rings (SSSR count). The lowest BCUT2D eigenvalue weighted by atomic mass is 9.99. The molecule has 6 heteroatoms. The van der Waals surface area contributed by atoms with Crippen molar-refractivity contribution in [3.8, 4) is 17.0 Å². The fourth-order valence-electron chi connectivity index (χ4n) is 3.44. The molecule has 1 N–H and O–H groups in total. The number of fused-ring (bicyclic) bond motifs is 1. The normalized spacial score (nSPS) is 13.3. The molecule has 27 heavy (non-hydrogen) atoms. The molecule has 2 heterocycles. The summed E-state index contributed by atoms with van der Waals surface area (Å²) in [6.07, 6.45) is 2.45. The van der Waals surface area contributed by atoms with Crippen molar-refractivity contribution in [3.63, 3.8) is 0 Å². The molecule has 1 aliphatic heterocycles. The number of nitrogens with one attached hydrogen (secondary N) is 1. The summed E-state index contributed by atoms with van der Waals surface area (Å²) in [5, 5.41) is 7.55. The molecule has 0 unspecified atom stereocenters. The van der Waals surface area contributed by atoms with Crippen LogP contribution in [-0.2, 0) is 13.0 Å². The molecule has 0 saturated heterocycles. The van der Waals surface area contributed by atoms with Crippen LogP contribution in [0.3, 0.4) is 0 Å². The number of halogens is 1. The number of carbonyl (C=O) groups is 1. The van der Waals surface area contributed by atoms with Crippen molar-refractivity contribution in [1.29, 1.82) is 0 Å². The lowest BCUT2D eigenvalue weighted by Gasteiger charge is -2.28. The quantitative estimate of drug-likeness (QED) is 0.731. The van der Waals surface area contributed by atoms with Gasteiger partial charge in [-0.25, -0.2) is 0 Å². The van der Waals surface area contributed by atoms with Gasteiger partial charge in [-0.05, 0) is 42.7 Å². The maximum Gasteiger partial charge on any atom is 0.257 e. The molecule has 5 nitrogen and oxygen atoms in total. The Kier molecular flexibility index (Phi) is 4.86. The van der Waals surface area contributed by atoms with E-state index in [9.17, 15) is 4.79 Å². The Morgan fingerprint density at radius 1 is 1.26 bits per heavy atom. The van der Waals surface area contributed by atoms with Crippen molar-refractivity contribution < 1.29 is 9.53 Å². The van der Waals surface area contributed by atoms with Crippen LogP contribution in [-0.4, -0.2) is 34.2 Å². The van der Waals surface area contributed by atoms with E-state index in [-0.39, 0.29) is 5.91 Å². The molecule has 0 fully saturated rings. The number of amides is 1. The van der Waals surface area contributed by atoms with Crippen LogP contribution in [0.4, 0.5) is 0 Å². The lowest BCUT2D eigenvalue weighted by molar-refractivity contribution is 0.0735. The average Bonchev–Trinajstić information content (AvgIpc) is 3.18. The highest BCUT2D eigenvalue weighted by Gasteiger charge is 2.25. The van der Waals surface area contributed by atoms with E-state index in [0.29, 0.717) is 41.7 Å². The molecule has 0 radical (unpaired) electrons. The largest absolute Gasteiger partial charge is 0.492 e. The Morgan fingerprint density at radius 2 is 2.07 bits per heavy atom. The number of rotatable bonds is 4. The summed E-state index contributed by atoms with van der Waals surface area (Å²) in [5.74, 6) is 0.598. The zero-order valence-corrected chi connectivity index (χ0v) is 15.8. The van der Waals surface area contributed by atoms with Crippen LogP contribution in [0.25, 0.3) is 11.3 Å². The van der Waals surface area contributed by atoms with Gasteiger partial charge in [-0.1, -0.05) is 35.9 Å². The molecule has 1 amide bonds. The monoisotopic (exact) mass is 381 g/mol. The number of nitrogens with zero attached hydrogens (tertiary/aromatic N) is 2. The van der Waals surface area contributed by atoms with Crippen molar-refractivity contribution >= 4 is 17.5 Å². The first-order valence-electron chi connectivity index (χ1n) is 8.99. The van der Waals surface area contributed by atoms with Gasteiger partial charge in [0.1, 0.15) is 5.75 Å². The van der Waals surface area contributed by atoms with Crippen molar-refractivity contribution in [2.24, 2.45) is 0 Å². The number of aromatic nitrogens is 2. The van der Waals surface area contributed by atoms with Gasteiger partial charge in [0.25, 0.3) is 5.91 Å². The van der Waals surface area contributed by atoms with Crippen LogP contribution in [0.15, 0.2) is 48.7 Å². The summed E-state index contributed by atoms with van der Waals surface area (Å²) in [7, 11) is 0. The summed E-state index contributed by atoms with van der Waals surface area (Å²) in [5.41, 5.74) is 4.54. The Labute approximate surface area is 162 Å². The Balaban J connectivity index is 1.61. The molecule has 0 saturated carbocycles. The fraction of sp³-hybridized carbons (Fsp3) is 0.238. The predicted octanol–water partition coefficient (Wildman–Crippen LogP) is 4.33. The molecule has 1 aromatic heterocycles. The molecular weight excluding hydrogens is 362 g/mol. The van der Waals surface area contributed by atoms with Crippen molar-refractivity contribution in [3.05, 3.63) is 70.4 Å². The highest BCUT2D eigenvalue weighted by atomic mass is 35.5. The summed E-state index contributed by atoms with van der Waals surface area (Å²) in [6, 6.07) is 13.8. The maximum atomic E-state index is 13.1. The summed E-state index contributed by atoms with van der Waals surface area (Å²) in [4.78, 5) is 15.0. The van der Waals surface area contributed by atoms with Gasteiger partial charge < -0.3 is 9.64 Å². The molecule has 2 aromatic carbocycles. The van der Waals surface area contributed by atoms with Gasteiger partial charge in [0.05, 0.1) is 29.1 Å². The van der Waals surface area contributed by atoms with E-state index >= 15 is 0 Å². The Hall–Kier alpha value is -2.79. The zero-order valence-electron chi connectivity index (χ0n) is 15.0. The van der Waals surface area contributed by atoms with Gasteiger partial charge in [0, 0.05) is 18.7 Å². The van der Waals surface area contributed by atoms with Crippen molar-refractivity contribution in [2.45, 2.75) is 19.9 Å². The number of H-pyrrole nitrogens is 1. The predicted molar refractivity (Wildman–Crippen MR) is 105 cm³/mol. The number of carbonyl (C=O) groups excluding carboxylic acids is 1. The first-order valence-corrected chi connectivity index (χ1v) is 9.37. The minimum Gasteiger partial charge on any atom is -0.492 e. The highest BCUT2D eigenvalue weighted by Crippen LogP contribution is 2.32. The first-order chi connectivity index (χ1) is 13.2. The van der Waals surface area contributed by atoms with Crippen molar-refractivity contribution in [1.82, 2.24) is 15.1 Å². The van der Waals surface area contributed by atoms with Gasteiger partial charge >= 0.3 is 0 Å². The van der Waals surface area contributed by atoms with E-state index in [4.69, 9.17) is 16.3 Å². The highest BCUT2D eigenvalue weighted by molar-refractivity contribution is 6.32. The van der Waals surface area contributed by atoms with Crippen LogP contribution in [0.5, 0.6) is 5.75 Å². The van der Waals surface area contributed by atoms with E-state index < -0.39 is 0 Å². The SMILES string of the molecule is CCOc1ccc(-c2[nH]ncc2C(=O)N2CCc3ccccc3C2)cc1Cl. The molecule has 1 aliphatic rings. The van der Waals surface area contributed by atoms with E-state index in [0.717, 1.165) is 12.0 Å². The number of aromatic amines is 1. The second-order valence-corrected chi connectivity index (χ2v) is 6.89. The first kappa shape index (κ1) is 17.6. The van der Waals surface area contributed by atoms with Crippen LogP contribution < -0.4 is 4.74 Å². The van der Waals surface area contributed by atoms with E-state index in [1.165, 1.54) is 11.1 Å². The van der Waals surface area contributed by atoms with Gasteiger partial charge in [0.15, 0.2) is 0 Å². The van der Waals surface area contributed by atoms with Crippen LogP contribution >= 0.6 is 11.6 Å². The Morgan fingerprint density at radius 3 is 2.85 bits per heavy atom. The van der Waals surface area contributed by atoms with Crippen LogP contribution in [0, 0.1) is 0 Å². The zero-order chi connectivity index (χ0) is 18.8. The molecule has 0 aliphatic carbocycles. The average molecular weight is 382 g/mol. The number of hydrogen-bond acceptors (Lipinski definition) is 3. The van der Waals surface area contributed by atoms with E-state index in [1.54, 1.807) is 12.3 Å². The summed E-state index contributed by atoms with van der Waals surface area (Å²) >= 11 is 6.31. The third-order valence-corrected chi connectivity index (χ3v) is 5.10. The van der Waals surface area contributed by atoms with Crippen LogP contribution in [0.2, 0.25) is 5.02 Å². The van der Waals surface area contributed by atoms with Gasteiger partial charge in [-0.3, -0.25) is 9.89 Å². The summed E-state index contributed by atoms with van der Waals surface area (Å²) < 4.78 is 5.48. The van der Waals surface area contributed by atoms with E-state index in [1.807, 2.05) is 36.1 Å². The number of ether oxygens (including phenoxy) is 1. The molecule has 0 atom stereocenters. The topological polar surface area (TPSA) is 58.2 Å². The maximum absolute atomic E-state index is 13.1. The minimum absolute atomic E-state index is 0.0294. The third-order valence-electron chi connectivity index (χ3n) is 4.81. The molecular formula is C21H20ClN3O2. The van der Waals surface area contributed by atoms with E-state index in [2.05, 4.69) is 22.3 Å². The fourth-order valence-corrected chi connectivity index (χ4v) is 3.67.